The standard InChI is InChI=1S/C23H23N5O2/c1-3-27(14(2)21-11-16-6-4-5-9-28(16)26-21)23(29)15-7-8-20-17(10-15)18-12-30-13-19(18)22(24)25-20/h4-11,14H,3,12-13H2,1-2H3,(H2,24,25). The quantitative estimate of drug-likeness (QED) is 0.563. The number of anilines is 1. The van der Waals surface area contributed by atoms with E-state index in [2.05, 4.69) is 10.1 Å². The molecule has 3 aromatic heterocycles. The molecule has 0 fully saturated rings. The second kappa shape index (κ2) is 7.11. The average molecular weight is 401 g/mol. The summed E-state index contributed by atoms with van der Waals surface area (Å²) in [6.45, 7) is 5.53. The van der Waals surface area contributed by atoms with Gasteiger partial charge < -0.3 is 15.4 Å². The Kier molecular flexibility index (Phi) is 4.40. The van der Waals surface area contributed by atoms with Crippen LogP contribution in [0.15, 0.2) is 48.7 Å². The first-order chi connectivity index (χ1) is 14.6. The van der Waals surface area contributed by atoms with E-state index in [0.29, 0.717) is 31.1 Å². The maximum Gasteiger partial charge on any atom is 0.254 e. The van der Waals surface area contributed by atoms with Gasteiger partial charge in [-0.05, 0) is 55.8 Å². The van der Waals surface area contributed by atoms with Gasteiger partial charge in [0.05, 0.1) is 36.0 Å². The molecule has 1 aliphatic heterocycles. The molecular formula is C23H23N5O2. The minimum Gasteiger partial charge on any atom is -0.383 e. The zero-order chi connectivity index (χ0) is 20.8. The van der Waals surface area contributed by atoms with Crippen molar-refractivity contribution in [2.45, 2.75) is 33.1 Å². The summed E-state index contributed by atoms with van der Waals surface area (Å²) in [6, 6.07) is 13.4. The van der Waals surface area contributed by atoms with Gasteiger partial charge in [0, 0.05) is 29.3 Å². The Hall–Kier alpha value is -3.45. The second-order valence-electron chi connectivity index (χ2n) is 7.59. The lowest BCUT2D eigenvalue weighted by Crippen LogP contribution is -2.33. The average Bonchev–Trinajstić information content (AvgIpc) is 3.41. The maximum atomic E-state index is 13.4. The number of amides is 1. The monoisotopic (exact) mass is 401 g/mol. The zero-order valence-electron chi connectivity index (χ0n) is 17.0. The Balaban J connectivity index is 1.51. The van der Waals surface area contributed by atoms with Crippen LogP contribution in [0, 0.1) is 0 Å². The summed E-state index contributed by atoms with van der Waals surface area (Å²) >= 11 is 0. The fraction of sp³-hybridized carbons (Fsp3) is 0.261. The first-order valence-corrected chi connectivity index (χ1v) is 10.1. The highest BCUT2D eigenvalue weighted by Crippen LogP contribution is 2.32. The molecule has 7 heteroatoms. The zero-order valence-corrected chi connectivity index (χ0v) is 17.0. The highest BCUT2D eigenvalue weighted by Gasteiger charge is 2.25. The molecule has 4 heterocycles. The molecule has 152 valence electrons. The van der Waals surface area contributed by atoms with E-state index in [1.165, 1.54) is 0 Å². The summed E-state index contributed by atoms with van der Waals surface area (Å²) in [6.07, 6.45) is 1.91. The van der Waals surface area contributed by atoms with Crippen molar-refractivity contribution in [2.75, 3.05) is 12.3 Å². The van der Waals surface area contributed by atoms with E-state index >= 15 is 0 Å². The maximum absolute atomic E-state index is 13.4. The lowest BCUT2D eigenvalue weighted by Gasteiger charge is -2.27. The number of benzene rings is 1. The topological polar surface area (TPSA) is 85.8 Å². The summed E-state index contributed by atoms with van der Waals surface area (Å²) in [5, 5.41) is 5.58. The van der Waals surface area contributed by atoms with Crippen molar-refractivity contribution < 1.29 is 9.53 Å². The van der Waals surface area contributed by atoms with Gasteiger partial charge in [0.15, 0.2) is 0 Å². The van der Waals surface area contributed by atoms with Gasteiger partial charge in [0.25, 0.3) is 5.91 Å². The number of nitrogens with two attached hydrogens (primary N) is 1. The lowest BCUT2D eigenvalue weighted by molar-refractivity contribution is 0.0699. The fourth-order valence-corrected chi connectivity index (χ4v) is 4.18. The lowest BCUT2D eigenvalue weighted by atomic mass is 10.0. The van der Waals surface area contributed by atoms with Crippen molar-refractivity contribution in [2.24, 2.45) is 0 Å². The molecule has 0 radical (unpaired) electrons. The summed E-state index contributed by atoms with van der Waals surface area (Å²) in [4.78, 5) is 19.7. The summed E-state index contributed by atoms with van der Waals surface area (Å²) in [5.41, 5.74) is 11.3. The highest BCUT2D eigenvalue weighted by molar-refractivity contribution is 5.99. The number of rotatable bonds is 4. The number of aromatic nitrogens is 3. The van der Waals surface area contributed by atoms with Crippen LogP contribution in [0.1, 0.15) is 47.1 Å². The van der Waals surface area contributed by atoms with E-state index in [0.717, 1.165) is 33.2 Å². The van der Waals surface area contributed by atoms with Gasteiger partial charge in [-0.15, -0.1) is 0 Å². The third-order valence-corrected chi connectivity index (χ3v) is 5.86. The minimum absolute atomic E-state index is 0.0338. The number of nitrogen functional groups attached to an aromatic ring is 1. The van der Waals surface area contributed by atoms with E-state index in [1.54, 1.807) is 0 Å². The minimum atomic E-state index is -0.156. The Morgan fingerprint density at radius 1 is 1.23 bits per heavy atom. The molecule has 4 aromatic rings. The van der Waals surface area contributed by atoms with Crippen LogP contribution in [0.3, 0.4) is 0 Å². The number of ether oxygens (including phenoxy) is 1. The predicted molar refractivity (Wildman–Crippen MR) is 115 cm³/mol. The molecular weight excluding hydrogens is 378 g/mol. The van der Waals surface area contributed by atoms with Crippen molar-refractivity contribution in [1.82, 2.24) is 19.5 Å². The summed E-state index contributed by atoms with van der Waals surface area (Å²) in [5.74, 6) is 0.471. The number of hydrogen-bond acceptors (Lipinski definition) is 5. The van der Waals surface area contributed by atoms with Crippen LogP contribution < -0.4 is 5.73 Å². The molecule has 0 saturated heterocycles. The SMILES string of the molecule is CCN(C(=O)c1ccc2nc(N)c3c(c2c1)COC3)C(C)c1cc2ccccn2n1. The molecule has 5 rings (SSSR count). The van der Waals surface area contributed by atoms with Gasteiger partial charge in [0.2, 0.25) is 0 Å². The molecule has 0 saturated carbocycles. The van der Waals surface area contributed by atoms with E-state index in [-0.39, 0.29) is 11.9 Å². The molecule has 1 unspecified atom stereocenters. The van der Waals surface area contributed by atoms with Gasteiger partial charge in [-0.1, -0.05) is 6.07 Å². The third kappa shape index (κ3) is 2.90. The number of fused-ring (bicyclic) bond motifs is 4. The van der Waals surface area contributed by atoms with Crippen LogP contribution >= 0.6 is 0 Å². The summed E-state index contributed by atoms with van der Waals surface area (Å²) < 4.78 is 7.40. The first kappa shape index (κ1) is 18.6. The van der Waals surface area contributed by atoms with Crippen LogP contribution in [0.2, 0.25) is 0 Å². The van der Waals surface area contributed by atoms with Crippen molar-refractivity contribution in [3.8, 4) is 0 Å². The van der Waals surface area contributed by atoms with Crippen LogP contribution in [0.4, 0.5) is 5.82 Å². The van der Waals surface area contributed by atoms with E-state index in [4.69, 9.17) is 10.5 Å². The molecule has 30 heavy (non-hydrogen) atoms. The molecule has 7 nitrogen and oxygen atoms in total. The van der Waals surface area contributed by atoms with E-state index < -0.39 is 0 Å². The normalized spacial score (nSPS) is 14.2. The Bertz CT molecular complexity index is 1250. The molecule has 0 spiro atoms. The van der Waals surface area contributed by atoms with Crippen LogP contribution in [-0.2, 0) is 18.0 Å². The molecule has 1 amide bonds. The number of carbonyl (C=O) groups is 1. The molecule has 2 N–H and O–H groups in total. The van der Waals surface area contributed by atoms with Gasteiger partial charge >= 0.3 is 0 Å². The van der Waals surface area contributed by atoms with E-state index in [9.17, 15) is 4.79 Å². The highest BCUT2D eigenvalue weighted by atomic mass is 16.5. The van der Waals surface area contributed by atoms with Crippen molar-refractivity contribution >= 4 is 28.1 Å². The largest absolute Gasteiger partial charge is 0.383 e. The van der Waals surface area contributed by atoms with Crippen molar-refractivity contribution in [3.63, 3.8) is 0 Å². The smallest absolute Gasteiger partial charge is 0.254 e. The Morgan fingerprint density at radius 3 is 2.87 bits per heavy atom. The van der Waals surface area contributed by atoms with E-state index in [1.807, 2.05) is 71.9 Å². The molecule has 1 aliphatic rings. The first-order valence-electron chi connectivity index (χ1n) is 10.1. The van der Waals surface area contributed by atoms with Gasteiger partial charge in [0.1, 0.15) is 5.82 Å². The Morgan fingerprint density at radius 2 is 2.07 bits per heavy atom. The van der Waals surface area contributed by atoms with Gasteiger partial charge in [-0.3, -0.25) is 4.79 Å². The number of pyridine rings is 2. The van der Waals surface area contributed by atoms with Crippen molar-refractivity contribution in [1.29, 1.82) is 0 Å². The predicted octanol–water partition coefficient (Wildman–Crippen LogP) is 3.72. The van der Waals surface area contributed by atoms with Crippen molar-refractivity contribution in [3.05, 3.63) is 71.0 Å². The number of hydrogen-bond donors (Lipinski definition) is 1. The molecule has 0 aliphatic carbocycles. The van der Waals surface area contributed by atoms with Crippen LogP contribution in [0.5, 0.6) is 0 Å². The fourth-order valence-electron chi connectivity index (χ4n) is 4.18. The van der Waals surface area contributed by atoms with Crippen LogP contribution in [-0.4, -0.2) is 31.9 Å². The second-order valence-corrected chi connectivity index (χ2v) is 7.59. The van der Waals surface area contributed by atoms with Gasteiger partial charge in [-0.2, -0.15) is 5.10 Å². The van der Waals surface area contributed by atoms with Crippen LogP contribution in [0.25, 0.3) is 16.4 Å². The molecule has 1 atom stereocenters. The molecule has 1 aromatic carbocycles. The third-order valence-electron chi connectivity index (χ3n) is 5.86. The molecule has 0 bridgehead atoms. The summed E-state index contributed by atoms with van der Waals surface area (Å²) in [7, 11) is 0. The number of nitrogens with zero attached hydrogens (tertiary/aromatic N) is 4. The Labute approximate surface area is 174 Å². The number of carbonyl (C=O) groups excluding carboxylic acids is 1. The van der Waals surface area contributed by atoms with Gasteiger partial charge in [-0.25, -0.2) is 9.50 Å².